The first-order chi connectivity index (χ1) is 5.99. The molecule has 0 radical (unpaired) electrons. The molecule has 0 unspecified atom stereocenters. The predicted octanol–water partition coefficient (Wildman–Crippen LogP) is -0.352. The van der Waals surface area contributed by atoms with Crippen LogP contribution in [0.2, 0.25) is 0 Å². The Morgan fingerprint density at radius 3 is 2.64 bits per heavy atom. The highest BCUT2D eigenvalue weighted by molar-refractivity contribution is 7.89. The third kappa shape index (κ3) is 2.19. The van der Waals surface area contributed by atoms with Crippen molar-refractivity contribution in [2.24, 2.45) is 0 Å². The van der Waals surface area contributed by atoms with Gasteiger partial charge in [0.15, 0.2) is 6.33 Å². The quantitative estimate of drug-likeness (QED) is 0.555. The van der Waals surface area contributed by atoms with Crippen molar-refractivity contribution in [1.29, 1.82) is 0 Å². The van der Waals surface area contributed by atoms with Crippen molar-refractivity contribution in [3.05, 3.63) is 16.4 Å². The second kappa shape index (κ2) is 4.35. The van der Waals surface area contributed by atoms with Crippen LogP contribution in [-0.4, -0.2) is 30.4 Å². The van der Waals surface area contributed by atoms with Gasteiger partial charge in [-0.2, -0.15) is 4.98 Å². The van der Waals surface area contributed by atoms with E-state index >= 15 is 0 Å². The van der Waals surface area contributed by atoms with Gasteiger partial charge >= 0.3 is 5.82 Å². The number of nitrogens with one attached hydrogen (secondary N) is 2. The minimum Gasteiger partial charge on any atom is -0.358 e. The van der Waals surface area contributed by atoms with Gasteiger partial charge in [0.05, 0.1) is 0 Å². The van der Waals surface area contributed by atoms with Crippen molar-refractivity contribution in [2.45, 2.75) is 5.03 Å². The maximum atomic E-state index is 11.1. The van der Waals surface area contributed by atoms with Gasteiger partial charge in [0.1, 0.15) is 0 Å². The van der Waals surface area contributed by atoms with Gasteiger partial charge < -0.3 is 10.1 Å². The van der Waals surface area contributed by atoms with Crippen LogP contribution in [0.1, 0.15) is 0 Å². The summed E-state index contributed by atoms with van der Waals surface area (Å²) < 4.78 is 24.1. The Morgan fingerprint density at radius 1 is 1.64 bits per heavy atom. The molecule has 0 amide bonds. The number of sulfonamides is 1. The average Bonchev–Trinajstić information content (AvgIpc) is 2.52. The van der Waals surface area contributed by atoms with Crippen molar-refractivity contribution < 1.29 is 13.3 Å². The number of halogens is 1. The Bertz CT molecular complexity index is 426. The lowest BCUT2D eigenvalue weighted by molar-refractivity contribution is -0.392. The van der Waals surface area contributed by atoms with Gasteiger partial charge in [-0.05, 0) is 12.0 Å². The van der Waals surface area contributed by atoms with Gasteiger partial charge in [-0.1, -0.05) is 0 Å². The summed E-state index contributed by atoms with van der Waals surface area (Å²) in [6.07, 6.45) is 0.947. The van der Waals surface area contributed by atoms with Crippen LogP contribution in [-0.2, 0) is 10.0 Å². The fourth-order valence-corrected chi connectivity index (χ4v) is 1.47. The number of aromatic amines is 1. The van der Waals surface area contributed by atoms with E-state index in [0.717, 1.165) is 13.4 Å². The number of rotatable bonds is 3. The molecule has 8 nitrogen and oxygen atoms in total. The summed E-state index contributed by atoms with van der Waals surface area (Å²) in [6, 6.07) is 0. The topological polar surface area (TPSA) is 118 Å². The van der Waals surface area contributed by atoms with Crippen LogP contribution in [0.4, 0.5) is 5.82 Å². The van der Waals surface area contributed by atoms with Gasteiger partial charge in [-0.3, -0.25) is 0 Å². The van der Waals surface area contributed by atoms with Crippen LogP contribution in [0.25, 0.3) is 0 Å². The zero-order valence-electron chi connectivity index (χ0n) is 6.92. The van der Waals surface area contributed by atoms with E-state index in [-0.39, 0.29) is 12.4 Å². The molecule has 0 saturated heterocycles. The van der Waals surface area contributed by atoms with E-state index in [2.05, 4.69) is 9.97 Å². The van der Waals surface area contributed by atoms with Gasteiger partial charge in [0, 0.05) is 0 Å². The molecule has 0 saturated carbocycles. The number of nitro groups is 1. The maximum Gasteiger partial charge on any atom is 0.361 e. The van der Waals surface area contributed by atoms with E-state index in [1.54, 1.807) is 0 Å². The van der Waals surface area contributed by atoms with Crippen LogP contribution in [0, 0.1) is 10.1 Å². The molecule has 10 heteroatoms. The third-order valence-corrected chi connectivity index (χ3v) is 2.64. The number of hydrogen-bond donors (Lipinski definition) is 2. The highest BCUT2D eigenvalue weighted by Gasteiger charge is 2.26. The van der Waals surface area contributed by atoms with Crippen molar-refractivity contribution in [3.63, 3.8) is 0 Å². The molecule has 1 aromatic rings. The molecule has 0 aromatic carbocycles. The minimum atomic E-state index is -3.86. The molecule has 0 bridgehead atoms. The molecule has 1 rings (SSSR count). The first-order valence-corrected chi connectivity index (χ1v) is 4.58. The standard InChI is InChI=1S/C4H6N4O4S.ClH/c1-5-13(11,12)4-3(8(9)10)6-2-7-4;/h2,5H,1H3,(H,6,7);1H. The van der Waals surface area contributed by atoms with E-state index in [0.29, 0.717) is 0 Å². The number of H-pyrrole nitrogens is 1. The van der Waals surface area contributed by atoms with Crippen molar-refractivity contribution in [3.8, 4) is 0 Å². The van der Waals surface area contributed by atoms with Crippen LogP contribution >= 0.6 is 12.4 Å². The Kier molecular flexibility index (Phi) is 3.98. The molecule has 0 aliphatic rings. The SMILES string of the molecule is CNS(=O)(=O)c1nc[nH]c1[N+](=O)[O-].Cl. The van der Waals surface area contributed by atoms with Crippen molar-refractivity contribution in [2.75, 3.05) is 7.05 Å². The molecule has 0 atom stereocenters. The summed E-state index contributed by atoms with van der Waals surface area (Å²) in [4.78, 5) is 14.9. The highest BCUT2D eigenvalue weighted by atomic mass is 35.5. The van der Waals surface area contributed by atoms with Gasteiger partial charge in [-0.15, -0.1) is 12.4 Å². The maximum absolute atomic E-state index is 11.1. The molecule has 1 aromatic heterocycles. The average molecular weight is 243 g/mol. The zero-order chi connectivity index (χ0) is 10.1. The van der Waals surface area contributed by atoms with E-state index in [1.807, 2.05) is 4.72 Å². The van der Waals surface area contributed by atoms with E-state index in [9.17, 15) is 18.5 Å². The fourth-order valence-electron chi connectivity index (χ4n) is 0.699. The Balaban J connectivity index is 0.00000169. The molecule has 14 heavy (non-hydrogen) atoms. The number of imidazole rings is 1. The van der Waals surface area contributed by atoms with Gasteiger partial charge in [-0.25, -0.2) is 18.1 Å². The normalized spacial score (nSPS) is 10.6. The zero-order valence-corrected chi connectivity index (χ0v) is 8.55. The molecular formula is C4H7ClN4O4S. The predicted molar refractivity (Wildman–Crippen MR) is 48.7 cm³/mol. The van der Waals surface area contributed by atoms with E-state index in [1.165, 1.54) is 0 Å². The number of nitrogens with zero attached hydrogens (tertiary/aromatic N) is 2. The smallest absolute Gasteiger partial charge is 0.358 e. The number of hydrogen-bond acceptors (Lipinski definition) is 5. The molecular weight excluding hydrogens is 236 g/mol. The van der Waals surface area contributed by atoms with Crippen LogP contribution < -0.4 is 4.72 Å². The van der Waals surface area contributed by atoms with Crippen LogP contribution in [0.3, 0.4) is 0 Å². The fraction of sp³-hybridized carbons (Fsp3) is 0.250. The summed E-state index contributed by atoms with van der Waals surface area (Å²) in [5, 5.41) is 9.68. The minimum absolute atomic E-state index is 0. The monoisotopic (exact) mass is 242 g/mol. The Hall–Kier alpha value is -1.19. The summed E-state index contributed by atoms with van der Waals surface area (Å²) in [6.45, 7) is 0. The molecule has 0 aliphatic carbocycles. The second-order valence-electron chi connectivity index (χ2n) is 2.02. The molecule has 80 valence electrons. The van der Waals surface area contributed by atoms with Crippen LogP contribution in [0.15, 0.2) is 11.4 Å². The lowest BCUT2D eigenvalue weighted by atomic mass is 10.8. The summed E-state index contributed by atoms with van der Waals surface area (Å²) >= 11 is 0. The largest absolute Gasteiger partial charge is 0.361 e. The van der Waals surface area contributed by atoms with Gasteiger partial charge in [0.2, 0.25) is 0 Å². The van der Waals surface area contributed by atoms with Crippen molar-refractivity contribution >= 4 is 28.2 Å². The highest BCUT2D eigenvalue weighted by Crippen LogP contribution is 2.17. The molecule has 0 fully saturated rings. The summed E-state index contributed by atoms with van der Waals surface area (Å²) in [5.74, 6) is -0.644. The lowest BCUT2D eigenvalue weighted by Gasteiger charge is -1.97. The Labute approximate surface area is 85.3 Å². The molecule has 1 heterocycles. The van der Waals surface area contributed by atoms with Gasteiger partial charge in [0.25, 0.3) is 15.0 Å². The van der Waals surface area contributed by atoms with E-state index < -0.39 is 25.8 Å². The molecule has 0 aliphatic heterocycles. The Morgan fingerprint density at radius 2 is 2.21 bits per heavy atom. The molecule has 2 N–H and O–H groups in total. The van der Waals surface area contributed by atoms with Crippen molar-refractivity contribution in [1.82, 2.24) is 14.7 Å². The second-order valence-corrected chi connectivity index (χ2v) is 3.82. The van der Waals surface area contributed by atoms with E-state index in [4.69, 9.17) is 0 Å². The molecule has 0 spiro atoms. The number of aromatic nitrogens is 2. The lowest BCUT2D eigenvalue weighted by Crippen LogP contribution is -2.20. The summed E-state index contributed by atoms with van der Waals surface area (Å²) in [5.41, 5.74) is 0. The van der Waals surface area contributed by atoms with Crippen LogP contribution in [0.5, 0.6) is 0 Å². The summed E-state index contributed by atoms with van der Waals surface area (Å²) in [7, 11) is -2.72. The third-order valence-electron chi connectivity index (χ3n) is 1.29. The first kappa shape index (κ1) is 12.8. The first-order valence-electron chi connectivity index (χ1n) is 3.10.